The van der Waals surface area contributed by atoms with Crippen molar-refractivity contribution in [2.45, 2.75) is 25.9 Å². The van der Waals surface area contributed by atoms with Gasteiger partial charge >= 0.3 is 18.5 Å². The zero-order valence-electron chi connectivity index (χ0n) is 10.9. The minimum Gasteiger partial charge on any atom is -0.466 e. The molecule has 0 radical (unpaired) electrons. The number of carbonyl (C=O) groups excluding carboxylic acids is 2. The van der Waals surface area contributed by atoms with Crippen LogP contribution in [0.2, 0.25) is 0 Å². The van der Waals surface area contributed by atoms with Crippen LogP contribution in [-0.2, 0) is 9.53 Å². The molecule has 1 aromatic rings. The van der Waals surface area contributed by atoms with Crippen molar-refractivity contribution >= 4 is 11.8 Å². The lowest BCUT2D eigenvalue weighted by Crippen LogP contribution is -2.33. The van der Waals surface area contributed by atoms with Crippen LogP contribution in [-0.4, -0.2) is 30.9 Å². The van der Waals surface area contributed by atoms with Gasteiger partial charge in [-0.05, 0) is 19.1 Å². The first-order valence-corrected chi connectivity index (χ1v) is 5.90. The van der Waals surface area contributed by atoms with E-state index in [1.807, 2.05) is 0 Å². The van der Waals surface area contributed by atoms with Crippen LogP contribution in [0.4, 0.5) is 17.6 Å². The fraction of sp³-hybridized carbons (Fsp3) is 0.385. The van der Waals surface area contributed by atoms with Crippen LogP contribution in [0.15, 0.2) is 24.3 Å². The van der Waals surface area contributed by atoms with E-state index in [2.05, 4.69) is 9.47 Å². The molecule has 0 bridgehead atoms. The highest BCUT2D eigenvalue weighted by Crippen LogP contribution is 2.28. The third kappa shape index (κ3) is 5.05. The summed E-state index contributed by atoms with van der Waals surface area (Å²) in [5.74, 6) is -2.07. The lowest BCUT2D eigenvalue weighted by atomic mass is 10.1. The Morgan fingerprint density at radius 2 is 1.95 bits per heavy atom. The molecule has 0 N–H and O–H groups in total. The van der Waals surface area contributed by atoms with Crippen molar-refractivity contribution in [3.05, 3.63) is 29.8 Å². The minimum atomic E-state index is -4.66. The number of hydrogen-bond acceptors (Lipinski definition) is 4. The number of ether oxygens (including phenoxy) is 2. The number of rotatable bonds is 7. The predicted octanol–water partition coefficient (Wildman–Crippen LogP) is 3.06. The van der Waals surface area contributed by atoms with E-state index in [-0.39, 0.29) is 12.2 Å². The highest BCUT2D eigenvalue weighted by molar-refractivity contribution is 6.06. The van der Waals surface area contributed by atoms with Gasteiger partial charge in [0.15, 0.2) is 5.78 Å². The SMILES string of the molecule is CCOC(=O)CC(=O)c1cccc(OC(F)(F)C(F)F)c1. The second-order valence-corrected chi connectivity index (χ2v) is 3.90. The molecule has 0 atom stereocenters. The van der Waals surface area contributed by atoms with Gasteiger partial charge in [0, 0.05) is 5.56 Å². The summed E-state index contributed by atoms with van der Waals surface area (Å²) in [6, 6.07) is 4.28. The number of carbonyl (C=O) groups is 2. The van der Waals surface area contributed by atoms with Crippen molar-refractivity contribution in [3.63, 3.8) is 0 Å². The van der Waals surface area contributed by atoms with E-state index >= 15 is 0 Å². The lowest BCUT2D eigenvalue weighted by molar-refractivity contribution is -0.253. The molecule has 1 rings (SSSR count). The van der Waals surface area contributed by atoms with Gasteiger partial charge in [-0.25, -0.2) is 0 Å². The van der Waals surface area contributed by atoms with E-state index in [1.165, 1.54) is 12.1 Å². The Kier molecular flexibility index (Phi) is 5.69. The second-order valence-electron chi connectivity index (χ2n) is 3.90. The third-order valence-electron chi connectivity index (χ3n) is 2.27. The van der Waals surface area contributed by atoms with Crippen molar-refractivity contribution in [1.29, 1.82) is 0 Å². The van der Waals surface area contributed by atoms with E-state index in [9.17, 15) is 27.2 Å². The van der Waals surface area contributed by atoms with Gasteiger partial charge in [0.1, 0.15) is 12.2 Å². The topological polar surface area (TPSA) is 52.6 Å². The molecule has 0 aliphatic heterocycles. The molecule has 116 valence electrons. The molecule has 0 saturated heterocycles. The van der Waals surface area contributed by atoms with Gasteiger partial charge in [-0.2, -0.15) is 17.6 Å². The summed E-state index contributed by atoms with van der Waals surface area (Å²) >= 11 is 0. The van der Waals surface area contributed by atoms with Gasteiger partial charge in [0.2, 0.25) is 0 Å². The molecule has 1 aromatic carbocycles. The molecule has 0 aromatic heterocycles. The van der Waals surface area contributed by atoms with Crippen LogP contribution in [0.25, 0.3) is 0 Å². The smallest absolute Gasteiger partial charge is 0.461 e. The van der Waals surface area contributed by atoms with E-state index in [0.717, 1.165) is 12.1 Å². The van der Waals surface area contributed by atoms with Crippen LogP contribution in [0.3, 0.4) is 0 Å². The summed E-state index contributed by atoms with van der Waals surface area (Å²) in [5.41, 5.74) is -0.120. The van der Waals surface area contributed by atoms with Crippen LogP contribution in [0.5, 0.6) is 5.75 Å². The number of halogens is 4. The van der Waals surface area contributed by atoms with Crippen molar-refractivity contribution in [3.8, 4) is 5.75 Å². The molecule has 0 spiro atoms. The van der Waals surface area contributed by atoms with E-state index in [4.69, 9.17) is 0 Å². The van der Waals surface area contributed by atoms with Crippen LogP contribution < -0.4 is 4.74 Å². The number of benzene rings is 1. The van der Waals surface area contributed by atoms with Crippen LogP contribution in [0.1, 0.15) is 23.7 Å². The Morgan fingerprint density at radius 1 is 1.29 bits per heavy atom. The first-order chi connectivity index (χ1) is 9.76. The van der Waals surface area contributed by atoms with Crippen molar-refractivity contribution in [2.75, 3.05) is 6.61 Å². The van der Waals surface area contributed by atoms with E-state index in [1.54, 1.807) is 6.92 Å². The summed E-state index contributed by atoms with van der Waals surface area (Å²) in [6.07, 6.45) is -9.25. The Bertz CT molecular complexity index is 517. The van der Waals surface area contributed by atoms with Crippen molar-refractivity contribution < 1.29 is 36.6 Å². The van der Waals surface area contributed by atoms with Gasteiger partial charge in [0.05, 0.1) is 6.61 Å². The minimum absolute atomic E-state index is 0.0931. The highest BCUT2D eigenvalue weighted by atomic mass is 19.3. The largest absolute Gasteiger partial charge is 0.466 e. The number of esters is 1. The van der Waals surface area contributed by atoms with Gasteiger partial charge in [0.25, 0.3) is 0 Å². The van der Waals surface area contributed by atoms with Crippen molar-refractivity contribution in [2.24, 2.45) is 0 Å². The standard InChI is InChI=1S/C13H12F4O4/c1-2-20-11(19)7-10(18)8-4-3-5-9(6-8)21-13(16,17)12(14)15/h3-6,12H,2,7H2,1H3. The van der Waals surface area contributed by atoms with Gasteiger partial charge in [-0.1, -0.05) is 12.1 Å². The number of alkyl halides is 4. The molecular formula is C13H12F4O4. The molecule has 0 fully saturated rings. The fourth-order valence-electron chi connectivity index (χ4n) is 1.38. The van der Waals surface area contributed by atoms with E-state index < -0.39 is 36.5 Å². The summed E-state index contributed by atoms with van der Waals surface area (Å²) in [5, 5.41) is 0. The Hall–Kier alpha value is -2.12. The Morgan fingerprint density at radius 3 is 2.52 bits per heavy atom. The maximum atomic E-state index is 12.7. The molecule has 0 unspecified atom stereocenters. The predicted molar refractivity (Wildman–Crippen MR) is 63.6 cm³/mol. The zero-order chi connectivity index (χ0) is 16.0. The Labute approximate surface area is 117 Å². The first-order valence-electron chi connectivity index (χ1n) is 5.90. The van der Waals surface area contributed by atoms with E-state index in [0.29, 0.717) is 0 Å². The average molecular weight is 308 g/mol. The molecular weight excluding hydrogens is 296 g/mol. The van der Waals surface area contributed by atoms with Crippen molar-refractivity contribution in [1.82, 2.24) is 0 Å². The quantitative estimate of drug-likeness (QED) is 0.336. The zero-order valence-corrected chi connectivity index (χ0v) is 10.9. The van der Waals surface area contributed by atoms with Gasteiger partial charge < -0.3 is 9.47 Å². The molecule has 4 nitrogen and oxygen atoms in total. The molecule has 0 aliphatic rings. The third-order valence-corrected chi connectivity index (χ3v) is 2.27. The summed E-state index contributed by atoms with van der Waals surface area (Å²) < 4.78 is 57.9. The molecule has 0 amide bonds. The lowest BCUT2D eigenvalue weighted by Gasteiger charge is -2.17. The molecule has 8 heteroatoms. The maximum Gasteiger partial charge on any atom is 0.461 e. The summed E-state index contributed by atoms with van der Waals surface area (Å²) in [6.45, 7) is 1.65. The molecule has 0 heterocycles. The van der Waals surface area contributed by atoms with Crippen LogP contribution >= 0.6 is 0 Å². The summed E-state index contributed by atoms with van der Waals surface area (Å²) in [7, 11) is 0. The van der Waals surface area contributed by atoms with Gasteiger partial charge in [-0.3, -0.25) is 9.59 Å². The maximum absolute atomic E-state index is 12.7. The average Bonchev–Trinajstić information content (AvgIpc) is 2.38. The number of Topliss-reactive ketones (excluding diaryl/α,β-unsaturated/α-hetero) is 1. The van der Waals surface area contributed by atoms with Gasteiger partial charge in [-0.15, -0.1) is 0 Å². The summed E-state index contributed by atoms with van der Waals surface area (Å²) in [4.78, 5) is 22.8. The normalized spacial score (nSPS) is 11.3. The molecule has 0 saturated carbocycles. The first kappa shape index (κ1) is 16.9. The fourth-order valence-corrected chi connectivity index (χ4v) is 1.38. The second kappa shape index (κ2) is 7.05. The number of hydrogen-bond donors (Lipinski definition) is 0. The molecule has 0 aliphatic carbocycles. The number of ketones is 1. The Balaban J connectivity index is 2.81. The highest BCUT2D eigenvalue weighted by Gasteiger charge is 2.44. The van der Waals surface area contributed by atoms with Crippen LogP contribution in [0, 0.1) is 0 Å². The monoisotopic (exact) mass is 308 g/mol. The molecule has 21 heavy (non-hydrogen) atoms.